The molecule has 1 amide bonds. The maximum Gasteiger partial charge on any atom is 0.234 e. The van der Waals surface area contributed by atoms with Crippen molar-refractivity contribution in [2.24, 2.45) is 5.73 Å². The van der Waals surface area contributed by atoms with E-state index in [1.807, 2.05) is 0 Å². The summed E-state index contributed by atoms with van der Waals surface area (Å²) >= 11 is 0. The molecule has 0 aliphatic heterocycles. The number of primary amides is 1. The lowest BCUT2D eigenvalue weighted by Crippen LogP contribution is -2.40. The molecule has 94 valence electrons. The molecule has 0 aromatic heterocycles. The van der Waals surface area contributed by atoms with E-state index in [1.54, 1.807) is 31.3 Å². The van der Waals surface area contributed by atoms with Crippen molar-refractivity contribution in [1.29, 1.82) is 0 Å². The van der Waals surface area contributed by atoms with Crippen LogP contribution in [0.3, 0.4) is 0 Å². The number of hydrogen-bond donors (Lipinski definition) is 3. The SMILES string of the molecule is CC=O.CNC(Cc1ccc(O)cc1)C(N)=O. The Labute approximate surface area is 101 Å². The molecule has 0 fully saturated rings. The molecule has 17 heavy (non-hydrogen) atoms. The molecule has 0 aliphatic carbocycles. The van der Waals surface area contributed by atoms with Gasteiger partial charge in [0.05, 0.1) is 6.04 Å². The molecule has 0 radical (unpaired) electrons. The van der Waals surface area contributed by atoms with E-state index in [1.165, 1.54) is 6.92 Å². The smallest absolute Gasteiger partial charge is 0.234 e. The van der Waals surface area contributed by atoms with Gasteiger partial charge in [0, 0.05) is 0 Å². The Morgan fingerprint density at radius 2 is 1.94 bits per heavy atom. The third-order valence-electron chi connectivity index (χ3n) is 2.07. The van der Waals surface area contributed by atoms with E-state index in [4.69, 9.17) is 15.6 Å². The fourth-order valence-electron chi connectivity index (χ4n) is 1.21. The summed E-state index contributed by atoms with van der Waals surface area (Å²) in [5.41, 5.74) is 6.13. The van der Waals surface area contributed by atoms with Crippen LogP contribution in [0.1, 0.15) is 12.5 Å². The highest BCUT2D eigenvalue weighted by Crippen LogP contribution is 2.10. The third-order valence-corrected chi connectivity index (χ3v) is 2.07. The highest BCUT2D eigenvalue weighted by molar-refractivity contribution is 5.80. The standard InChI is InChI=1S/C10H14N2O2.C2H4O/c1-12-9(10(11)14)6-7-2-4-8(13)5-3-7;1-2-3/h2-5,9,12-13H,6H2,1H3,(H2,11,14);2H,1H3. The Kier molecular flexibility index (Phi) is 7.38. The zero-order valence-electron chi connectivity index (χ0n) is 10.0. The quantitative estimate of drug-likeness (QED) is 0.654. The Balaban J connectivity index is 0.000000770. The highest BCUT2D eigenvalue weighted by Gasteiger charge is 2.12. The van der Waals surface area contributed by atoms with Crippen LogP contribution >= 0.6 is 0 Å². The number of nitrogens with two attached hydrogens (primary N) is 1. The molecule has 1 atom stereocenters. The molecular formula is C12H18N2O3. The molecule has 4 N–H and O–H groups in total. The maximum absolute atomic E-state index is 10.9. The highest BCUT2D eigenvalue weighted by atomic mass is 16.3. The van der Waals surface area contributed by atoms with Gasteiger partial charge in [0.1, 0.15) is 12.0 Å². The van der Waals surface area contributed by atoms with Gasteiger partial charge >= 0.3 is 0 Å². The second kappa shape index (κ2) is 8.29. The summed E-state index contributed by atoms with van der Waals surface area (Å²) in [4.78, 5) is 19.7. The number of nitrogens with one attached hydrogen (secondary N) is 1. The fraction of sp³-hybridized carbons (Fsp3) is 0.333. The van der Waals surface area contributed by atoms with Crippen molar-refractivity contribution in [1.82, 2.24) is 5.32 Å². The lowest BCUT2D eigenvalue weighted by molar-refractivity contribution is -0.119. The summed E-state index contributed by atoms with van der Waals surface area (Å²) < 4.78 is 0. The van der Waals surface area contributed by atoms with Crippen molar-refractivity contribution < 1.29 is 14.7 Å². The molecule has 5 nitrogen and oxygen atoms in total. The van der Waals surface area contributed by atoms with Crippen molar-refractivity contribution >= 4 is 12.2 Å². The first kappa shape index (κ1) is 15.1. The molecular weight excluding hydrogens is 220 g/mol. The molecule has 0 aliphatic rings. The topological polar surface area (TPSA) is 92.4 Å². The third kappa shape index (κ3) is 6.32. The second-order valence-corrected chi connectivity index (χ2v) is 3.35. The van der Waals surface area contributed by atoms with Crippen molar-refractivity contribution in [2.45, 2.75) is 19.4 Å². The molecule has 0 saturated heterocycles. The molecule has 5 heteroatoms. The van der Waals surface area contributed by atoms with Crippen LogP contribution < -0.4 is 11.1 Å². The minimum Gasteiger partial charge on any atom is -0.508 e. The van der Waals surface area contributed by atoms with Gasteiger partial charge in [0.2, 0.25) is 5.91 Å². The average molecular weight is 238 g/mol. The van der Waals surface area contributed by atoms with Crippen LogP contribution in [0.2, 0.25) is 0 Å². The Bertz CT molecular complexity index is 349. The Hall–Kier alpha value is -1.88. The second-order valence-electron chi connectivity index (χ2n) is 3.35. The summed E-state index contributed by atoms with van der Waals surface area (Å²) in [5, 5.41) is 11.9. The summed E-state index contributed by atoms with van der Waals surface area (Å²) in [5.74, 6) is -0.158. The summed E-state index contributed by atoms with van der Waals surface area (Å²) in [6.45, 7) is 1.44. The van der Waals surface area contributed by atoms with Crippen LogP contribution in [0, 0.1) is 0 Å². The molecule has 0 saturated carbocycles. The number of phenolic OH excluding ortho intramolecular Hbond substituents is 1. The fourth-order valence-corrected chi connectivity index (χ4v) is 1.21. The van der Waals surface area contributed by atoms with Crippen molar-refractivity contribution in [2.75, 3.05) is 7.05 Å². The van der Waals surface area contributed by atoms with E-state index >= 15 is 0 Å². The number of rotatable bonds is 4. The van der Waals surface area contributed by atoms with Gasteiger partial charge in [-0.25, -0.2) is 0 Å². The van der Waals surface area contributed by atoms with Gasteiger partial charge in [-0.2, -0.15) is 0 Å². The number of hydrogen-bond acceptors (Lipinski definition) is 4. The average Bonchev–Trinajstić information content (AvgIpc) is 2.29. The van der Waals surface area contributed by atoms with Crippen LogP contribution in [0.4, 0.5) is 0 Å². The van der Waals surface area contributed by atoms with Crippen LogP contribution in [0.15, 0.2) is 24.3 Å². The van der Waals surface area contributed by atoms with Crippen molar-refractivity contribution in [3.8, 4) is 5.75 Å². The molecule has 0 bridgehead atoms. The zero-order chi connectivity index (χ0) is 13.3. The monoisotopic (exact) mass is 238 g/mol. The van der Waals surface area contributed by atoms with Gasteiger partial charge in [-0.1, -0.05) is 12.1 Å². The number of phenols is 1. The van der Waals surface area contributed by atoms with Gasteiger partial charge in [-0.15, -0.1) is 0 Å². The number of carbonyl (C=O) groups excluding carboxylic acids is 2. The number of carbonyl (C=O) groups is 2. The molecule has 1 aromatic rings. The largest absolute Gasteiger partial charge is 0.508 e. The number of benzene rings is 1. The Morgan fingerprint density at radius 3 is 2.29 bits per heavy atom. The number of aromatic hydroxyl groups is 1. The van der Waals surface area contributed by atoms with E-state index in [9.17, 15) is 4.79 Å². The van der Waals surface area contributed by atoms with Crippen LogP contribution in [-0.2, 0) is 16.0 Å². The van der Waals surface area contributed by atoms with Gasteiger partial charge in [-0.05, 0) is 38.1 Å². The lowest BCUT2D eigenvalue weighted by atomic mass is 10.1. The lowest BCUT2D eigenvalue weighted by Gasteiger charge is -2.11. The van der Waals surface area contributed by atoms with Gasteiger partial charge < -0.3 is 21.0 Å². The first-order valence-electron chi connectivity index (χ1n) is 5.19. The van der Waals surface area contributed by atoms with Gasteiger partial charge in [-0.3, -0.25) is 4.79 Å². The Morgan fingerprint density at radius 1 is 1.47 bits per heavy atom. The maximum atomic E-state index is 10.9. The molecule has 0 heterocycles. The normalized spacial score (nSPS) is 10.9. The van der Waals surface area contributed by atoms with Gasteiger partial charge in [0.15, 0.2) is 0 Å². The van der Waals surface area contributed by atoms with Crippen LogP contribution in [0.5, 0.6) is 5.75 Å². The molecule has 1 aromatic carbocycles. The van der Waals surface area contributed by atoms with E-state index in [-0.39, 0.29) is 17.7 Å². The number of amides is 1. The predicted molar refractivity (Wildman–Crippen MR) is 65.6 cm³/mol. The van der Waals surface area contributed by atoms with E-state index < -0.39 is 0 Å². The summed E-state index contributed by atoms with van der Waals surface area (Å²) in [7, 11) is 1.69. The summed E-state index contributed by atoms with van der Waals surface area (Å²) in [6.07, 6.45) is 1.28. The molecule has 1 unspecified atom stereocenters. The van der Waals surface area contributed by atoms with Gasteiger partial charge in [0.25, 0.3) is 0 Å². The van der Waals surface area contributed by atoms with Crippen molar-refractivity contribution in [3.63, 3.8) is 0 Å². The molecule has 0 spiro atoms. The number of aldehydes is 1. The van der Waals surface area contributed by atoms with Crippen LogP contribution in [-0.4, -0.2) is 30.4 Å². The zero-order valence-corrected chi connectivity index (χ0v) is 10.0. The molecule has 1 rings (SSSR count). The van der Waals surface area contributed by atoms with Crippen molar-refractivity contribution in [3.05, 3.63) is 29.8 Å². The van der Waals surface area contributed by atoms with E-state index in [0.29, 0.717) is 6.42 Å². The first-order valence-corrected chi connectivity index (χ1v) is 5.19. The first-order chi connectivity index (χ1) is 8.04. The van der Waals surface area contributed by atoms with Crippen LogP contribution in [0.25, 0.3) is 0 Å². The summed E-state index contributed by atoms with van der Waals surface area (Å²) in [6, 6.07) is 6.34. The predicted octanol–water partition coefficient (Wildman–Crippen LogP) is 0.213. The van der Waals surface area contributed by atoms with E-state index in [0.717, 1.165) is 11.8 Å². The minimum atomic E-state index is -0.374. The minimum absolute atomic E-state index is 0.217. The van der Waals surface area contributed by atoms with E-state index in [2.05, 4.69) is 5.32 Å². The number of likely N-dealkylation sites (N-methyl/N-ethyl adjacent to an activating group) is 1.